The number of carboxylic acids is 1. The Morgan fingerprint density at radius 1 is 1.15 bits per heavy atom. The summed E-state index contributed by atoms with van der Waals surface area (Å²) < 4.78 is 2.16. The predicted molar refractivity (Wildman–Crippen MR) is 101 cm³/mol. The number of carbonyl (C=O) groups excluding carboxylic acids is 1. The molecule has 2 heterocycles. The van der Waals surface area contributed by atoms with Gasteiger partial charge in [-0.1, -0.05) is 23.4 Å². The van der Waals surface area contributed by atoms with Gasteiger partial charge in [0.2, 0.25) is 0 Å². The van der Waals surface area contributed by atoms with Crippen molar-refractivity contribution >= 4 is 40.4 Å². The molecule has 140 valence electrons. The summed E-state index contributed by atoms with van der Waals surface area (Å²) in [4.78, 5) is 44.8. The Labute approximate surface area is 162 Å². The van der Waals surface area contributed by atoms with Crippen LogP contribution in [0, 0.1) is 0 Å². The zero-order valence-corrected chi connectivity index (χ0v) is 16.2. The van der Waals surface area contributed by atoms with Crippen molar-refractivity contribution < 1.29 is 9.90 Å². The molecule has 8 nitrogen and oxygen atoms in total. The zero-order chi connectivity index (χ0) is 19.9. The van der Waals surface area contributed by atoms with Gasteiger partial charge in [-0.15, -0.1) is 0 Å². The van der Waals surface area contributed by atoms with Crippen molar-refractivity contribution in [1.29, 1.82) is 0 Å². The first-order valence-corrected chi connectivity index (χ1v) is 9.07. The van der Waals surface area contributed by atoms with E-state index in [9.17, 15) is 19.5 Å². The minimum Gasteiger partial charge on any atom is -0.549 e. The quantitative estimate of drug-likeness (QED) is 0.461. The fourth-order valence-corrected chi connectivity index (χ4v) is 3.45. The molecule has 0 unspecified atom stereocenters. The lowest BCUT2D eigenvalue weighted by atomic mass is 10.2. The Morgan fingerprint density at radius 3 is 2.37 bits per heavy atom. The lowest BCUT2D eigenvalue weighted by Gasteiger charge is -2.15. The van der Waals surface area contributed by atoms with Crippen molar-refractivity contribution in [2.75, 3.05) is 0 Å². The van der Waals surface area contributed by atoms with Crippen LogP contribution in [0.3, 0.4) is 0 Å². The van der Waals surface area contributed by atoms with Crippen molar-refractivity contribution in [1.82, 2.24) is 19.1 Å². The maximum Gasteiger partial charge on any atom is 0.332 e. The number of hydrogen-bond acceptors (Lipinski definition) is 7. The smallest absolute Gasteiger partial charge is 0.332 e. The number of rotatable bonds is 4. The van der Waals surface area contributed by atoms with Gasteiger partial charge in [0.05, 0.1) is 5.97 Å². The lowest BCUT2D eigenvalue weighted by Crippen LogP contribution is -2.38. The van der Waals surface area contributed by atoms with Crippen LogP contribution in [0.2, 0.25) is 5.02 Å². The topological polar surface area (TPSA) is 110 Å². The van der Waals surface area contributed by atoms with E-state index in [-0.39, 0.29) is 21.9 Å². The third-order valence-corrected chi connectivity index (χ3v) is 5.31. The molecule has 0 spiro atoms. The molecule has 0 fully saturated rings. The molecule has 0 bridgehead atoms. The summed E-state index contributed by atoms with van der Waals surface area (Å²) in [5.41, 5.74) is -0.408. The third-order valence-electron chi connectivity index (χ3n) is 3.99. The number of carboxylic acid groups (broad SMARTS) is 1. The Bertz CT molecular complexity index is 1170. The van der Waals surface area contributed by atoms with E-state index in [1.54, 1.807) is 24.3 Å². The van der Waals surface area contributed by atoms with E-state index in [1.165, 1.54) is 25.6 Å². The summed E-state index contributed by atoms with van der Waals surface area (Å²) in [6.07, 6.45) is 0. The Balaban J connectivity index is 2.37. The van der Waals surface area contributed by atoms with Gasteiger partial charge in [-0.05, 0) is 31.2 Å². The fourth-order valence-electron chi connectivity index (χ4n) is 2.46. The molecular formula is C17H14ClN4O4S-. The Morgan fingerprint density at radius 2 is 1.78 bits per heavy atom. The second-order valence-corrected chi connectivity index (χ2v) is 7.61. The summed E-state index contributed by atoms with van der Waals surface area (Å²) in [5.74, 6) is -1.04. The van der Waals surface area contributed by atoms with Crippen molar-refractivity contribution in [2.45, 2.75) is 17.2 Å². The molecular weight excluding hydrogens is 392 g/mol. The van der Waals surface area contributed by atoms with Gasteiger partial charge in [0.25, 0.3) is 5.56 Å². The van der Waals surface area contributed by atoms with Crippen molar-refractivity contribution in [3.63, 3.8) is 0 Å². The van der Waals surface area contributed by atoms with Crippen molar-refractivity contribution in [3.8, 4) is 11.4 Å². The van der Waals surface area contributed by atoms with E-state index in [0.717, 1.165) is 16.3 Å². The van der Waals surface area contributed by atoms with E-state index < -0.39 is 22.5 Å². The molecule has 0 N–H and O–H groups in total. The van der Waals surface area contributed by atoms with Gasteiger partial charge in [0.15, 0.2) is 11.5 Å². The number of halogens is 1. The Hall–Kier alpha value is -2.65. The van der Waals surface area contributed by atoms with E-state index in [1.807, 2.05) is 0 Å². The SMILES string of the molecule is C[C@H](Sc1nc(-c2ccc(Cl)cc2)nc2c1c(=O)n(C)c(=O)n2C)C(=O)[O-]. The molecule has 0 amide bonds. The molecule has 0 radical (unpaired) electrons. The first-order chi connectivity index (χ1) is 12.7. The normalized spacial score (nSPS) is 12.3. The van der Waals surface area contributed by atoms with Crippen LogP contribution in [-0.4, -0.2) is 30.3 Å². The maximum atomic E-state index is 12.6. The highest BCUT2D eigenvalue weighted by atomic mass is 35.5. The highest BCUT2D eigenvalue weighted by molar-refractivity contribution is 8.00. The first-order valence-electron chi connectivity index (χ1n) is 7.82. The largest absolute Gasteiger partial charge is 0.549 e. The van der Waals surface area contributed by atoms with Gasteiger partial charge in [0, 0.05) is 29.9 Å². The molecule has 3 rings (SSSR count). The summed E-state index contributed by atoms with van der Waals surface area (Å²) >= 11 is 6.77. The minimum absolute atomic E-state index is 0.0791. The number of hydrogen-bond donors (Lipinski definition) is 0. The number of fused-ring (bicyclic) bond motifs is 1. The molecule has 1 aromatic carbocycles. The number of benzene rings is 1. The molecule has 10 heteroatoms. The molecule has 0 aliphatic heterocycles. The number of aromatic nitrogens is 4. The Kier molecular flexibility index (Phi) is 5.07. The second kappa shape index (κ2) is 7.16. The second-order valence-electron chi connectivity index (χ2n) is 5.84. The molecule has 0 saturated heterocycles. The molecule has 0 aliphatic rings. The summed E-state index contributed by atoms with van der Waals surface area (Å²) in [7, 11) is 2.83. The molecule has 1 atom stereocenters. The molecule has 27 heavy (non-hydrogen) atoms. The number of thioether (sulfide) groups is 1. The predicted octanol–water partition coefficient (Wildman–Crippen LogP) is 0.578. The first kappa shape index (κ1) is 19.1. The fraction of sp³-hybridized carbons (Fsp3) is 0.235. The van der Waals surface area contributed by atoms with Crippen molar-refractivity contribution in [3.05, 3.63) is 50.1 Å². The van der Waals surface area contributed by atoms with Gasteiger partial charge in [-0.3, -0.25) is 13.9 Å². The lowest BCUT2D eigenvalue weighted by molar-refractivity contribution is -0.304. The van der Waals surface area contributed by atoms with E-state index in [4.69, 9.17) is 11.6 Å². The van der Waals surface area contributed by atoms with Crippen LogP contribution in [-0.2, 0) is 18.9 Å². The van der Waals surface area contributed by atoms with Crippen LogP contribution in [0.1, 0.15) is 6.92 Å². The van der Waals surface area contributed by atoms with E-state index >= 15 is 0 Å². The third kappa shape index (κ3) is 3.47. The van der Waals surface area contributed by atoms with E-state index in [0.29, 0.717) is 10.6 Å². The van der Waals surface area contributed by atoms with Gasteiger partial charge in [0.1, 0.15) is 10.4 Å². The van der Waals surface area contributed by atoms with Gasteiger partial charge >= 0.3 is 5.69 Å². The van der Waals surface area contributed by atoms with Crippen molar-refractivity contribution in [2.24, 2.45) is 14.1 Å². The average Bonchev–Trinajstić information content (AvgIpc) is 2.64. The number of aryl methyl sites for hydroxylation is 1. The minimum atomic E-state index is -1.29. The standard InChI is InChI=1S/C17H15ClN4O4S/c1-8(16(24)25)27-14-11-13(21(2)17(26)22(3)15(11)23)19-12(20-14)9-4-6-10(18)7-5-9/h4-8H,1-3H3,(H,24,25)/p-1/t8-/m0/s1. The van der Waals surface area contributed by atoms with Crippen LogP contribution in [0.25, 0.3) is 22.4 Å². The highest BCUT2D eigenvalue weighted by Gasteiger charge is 2.20. The maximum absolute atomic E-state index is 12.6. The van der Waals surface area contributed by atoms with Crippen LogP contribution in [0.15, 0.2) is 38.9 Å². The summed E-state index contributed by atoms with van der Waals surface area (Å²) in [6, 6.07) is 6.70. The van der Waals surface area contributed by atoms with E-state index in [2.05, 4.69) is 9.97 Å². The number of aliphatic carboxylic acids is 1. The van der Waals surface area contributed by atoms with Gasteiger partial charge < -0.3 is 9.90 Å². The highest BCUT2D eigenvalue weighted by Crippen LogP contribution is 2.29. The number of carbonyl (C=O) groups is 1. The molecule has 0 saturated carbocycles. The summed E-state index contributed by atoms with van der Waals surface area (Å²) in [6.45, 7) is 1.43. The van der Waals surface area contributed by atoms with Crippen LogP contribution in [0.4, 0.5) is 0 Å². The molecule has 0 aliphatic carbocycles. The van der Waals surface area contributed by atoms with Gasteiger partial charge in [-0.2, -0.15) is 0 Å². The number of nitrogens with zero attached hydrogens (tertiary/aromatic N) is 4. The van der Waals surface area contributed by atoms with Crippen LogP contribution in [0.5, 0.6) is 0 Å². The van der Waals surface area contributed by atoms with Gasteiger partial charge in [-0.25, -0.2) is 14.8 Å². The zero-order valence-electron chi connectivity index (χ0n) is 14.6. The van der Waals surface area contributed by atoms with Crippen LogP contribution < -0.4 is 16.4 Å². The molecule has 2 aromatic heterocycles. The monoisotopic (exact) mass is 405 g/mol. The average molecular weight is 406 g/mol. The molecule has 3 aromatic rings. The van der Waals surface area contributed by atoms with Crippen LogP contribution >= 0.6 is 23.4 Å². The summed E-state index contributed by atoms with van der Waals surface area (Å²) in [5, 5.41) is 11.0.